The van der Waals surface area contributed by atoms with E-state index in [1.165, 1.54) is 26.1 Å². The minimum atomic E-state index is 0.664. The maximum Gasteiger partial charge on any atom is 0.0945 e. The van der Waals surface area contributed by atoms with Crippen LogP contribution in [-0.2, 0) is 6.54 Å². The third-order valence-corrected chi connectivity index (χ3v) is 3.54. The summed E-state index contributed by atoms with van der Waals surface area (Å²) >= 11 is 0. The predicted molar refractivity (Wildman–Crippen MR) is 69.9 cm³/mol. The minimum absolute atomic E-state index is 0.664. The van der Waals surface area contributed by atoms with Gasteiger partial charge in [-0.25, -0.2) is 4.98 Å². The molecule has 0 aliphatic carbocycles. The molecule has 0 amide bonds. The second-order valence-corrected chi connectivity index (χ2v) is 5.26. The van der Waals surface area contributed by atoms with Crippen molar-refractivity contribution in [3.63, 3.8) is 0 Å². The van der Waals surface area contributed by atoms with Crippen LogP contribution in [0.1, 0.15) is 20.3 Å². The number of aryl methyl sites for hydroxylation is 1. The molecule has 2 rings (SSSR count). The molecule has 17 heavy (non-hydrogen) atoms. The van der Waals surface area contributed by atoms with Crippen LogP contribution >= 0.6 is 0 Å². The van der Waals surface area contributed by atoms with E-state index >= 15 is 0 Å². The van der Waals surface area contributed by atoms with Crippen molar-refractivity contribution in [1.29, 1.82) is 0 Å². The number of aromatic nitrogens is 2. The monoisotopic (exact) mass is 236 g/mol. The zero-order valence-electron chi connectivity index (χ0n) is 11.0. The van der Waals surface area contributed by atoms with Gasteiger partial charge in [-0.05, 0) is 18.9 Å². The highest BCUT2D eigenvalue weighted by Gasteiger charge is 2.20. The van der Waals surface area contributed by atoms with Crippen molar-refractivity contribution in [1.82, 2.24) is 19.8 Å². The van der Waals surface area contributed by atoms with Crippen molar-refractivity contribution in [2.75, 3.05) is 26.2 Å². The molecular formula is C13H24N4. The van der Waals surface area contributed by atoms with Crippen molar-refractivity contribution >= 4 is 0 Å². The summed E-state index contributed by atoms with van der Waals surface area (Å²) in [6, 6.07) is 0.664. The number of nitrogens with zero attached hydrogens (tertiary/aromatic N) is 3. The zero-order chi connectivity index (χ0) is 12.1. The average Bonchev–Trinajstić information content (AvgIpc) is 2.82. The summed E-state index contributed by atoms with van der Waals surface area (Å²) in [7, 11) is 0. The first-order valence-electron chi connectivity index (χ1n) is 6.67. The Kier molecular flexibility index (Phi) is 4.57. The largest absolute Gasteiger partial charge is 0.337 e. The van der Waals surface area contributed by atoms with Gasteiger partial charge < -0.3 is 14.8 Å². The summed E-state index contributed by atoms with van der Waals surface area (Å²) in [6.07, 6.45) is 6.99. The van der Waals surface area contributed by atoms with Crippen LogP contribution in [0.15, 0.2) is 18.7 Å². The Morgan fingerprint density at radius 2 is 2.29 bits per heavy atom. The van der Waals surface area contributed by atoms with E-state index in [4.69, 9.17) is 0 Å². The summed E-state index contributed by atoms with van der Waals surface area (Å²) < 4.78 is 2.15. The molecule has 1 unspecified atom stereocenters. The molecule has 0 radical (unpaired) electrons. The van der Waals surface area contributed by atoms with E-state index in [9.17, 15) is 0 Å². The van der Waals surface area contributed by atoms with Gasteiger partial charge in [0.2, 0.25) is 0 Å². The Morgan fingerprint density at radius 3 is 3.00 bits per heavy atom. The molecule has 4 heteroatoms. The molecule has 1 saturated heterocycles. The van der Waals surface area contributed by atoms with Gasteiger partial charge in [-0.1, -0.05) is 13.8 Å². The van der Waals surface area contributed by atoms with Gasteiger partial charge in [0.1, 0.15) is 0 Å². The molecule has 1 aromatic rings. The molecule has 2 heterocycles. The van der Waals surface area contributed by atoms with Gasteiger partial charge in [-0.15, -0.1) is 0 Å². The van der Waals surface area contributed by atoms with Crippen LogP contribution in [0.2, 0.25) is 0 Å². The van der Waals surface area contributed by atoms with Gasteiger partial charge in [-0.3, -0.25) is 0 Å². The first-order valence-corrected chi connectivity index (χ1v) is 6.67. The van der Waals surface area contributed by atoms with Gasteiger partial charge in [0.25, 0.3) is 0 Å². The molecule has 0 spiro atoms. The molecule has 4 nitrogen and oxygen atoms in total. The van der Waals surface area contributed by atoms with Crippen molar-refractivity contribution in [3.05, 3.63) is 18.7 Å². The molecule has 0 bridgehead atoms. The normalized spacial score (nSPS) is 22.2. The third-order valence-electron chi connectivity index (χ3n) is 3.54. The zero-order valence-corrected chi connectivity index (χ0v) is 11.0. The van der Waals surface area contributed by atoms with Crippen molar-refractivity contribution in [2.24, 2.45) is 5.92 Å². The van der Waals surface area contributed by atoms with Crippen molar-refractivity contribution in [3.8, 4) is 0 Å². The summed E-state index contributed by atoms with van der Waals surface area (Å²) in [5.74, 6) is 0.728. The van der Waals surface area contributed by atoms with Crippen LogP contribution in [0.4, 0.5) is 0 Å². The molecule has 1 aliphatic rings. The molecule has 1 aromatic heterocycles. The number of rotatable bonds is 5. The molecular weight excluding hydrogens is 212 g/mol. The van der Waals surface area contributed by atoms with Gasteiger partial charge in [0.05, 0.1) is 6.33 Å². The molecule has 1 fully saturated rings. The number of hydrogen-bond donors (Lipinski definition) is 1. The van der Waals surface area contributed by atoms with Gasteiger partial charge >= 0.3 is 0 Å². The fourth-order valence-corrected chi connectivity index (χ4v) is 2.39. The standard InChI is InChI=1S/C13H24N4/c1-12(2)13-10-16(9-5-15-13)6-3-7-17-8-4-14-11-17/h4,8,11-13,15H,3,5-7,9-10H2,1-2H3. The Balaban J connectivity index is 1.68. The summed E-state index contributed by atoms with van der Waals surface area (Å²) in [5.41, 5.74) is 0. The highest BCUT2D eigenvalue weighted by molar-refractivity contribution is 4.81. The second-order valence-electron chi connectivity index (χ2n) is 5.26. The smallest absolute Gasteiger partial charge is 0.0945 e. The van der Waals surface area contributed by atoms with Crippen molar-refractivity contribution in [2.45, 2.75) is 32.9 Å². The number of imidazole rings is 1. The maximum absolute atomic E-state index is 4.06. The maximum atomic E-state index is 4.06. The third kappa shape index (κ3) is 3.82. The Labute approximate surface area is 104 Å². The van der Waals surface area contributed by atoms with Crippen LogP contribution in [-0.4, -0.2) is 46.7 Å². The fraction of sp³-hybridized carbons (Fsp3) is 0.769. The van der Waals surface area contributed by atoms with E-state index < -0.39 is 0 Å². The lowest BCUT2D eigenvalue weighted by Crippen LogP contribution is -2.52. The summed E-state index contributed by atoms with van der Waals surface area (Å²) in [5, 5.41) is 3.60. The van der Waals surface area contributed by atoms with E-state index in [1.807, 2.05) is 18.7 Å². The lowest BCUT2D eigenvalue weighted by molar-refractivity contribution is 0.171. The molecule has 1 N–H and O–H groups in total. The highest BCUT2D eigenvalue weighted by Crippen LogP contribution is 2.08. The fourth-order valence-electron chi connectivity index (χ4n) is 2.39. The van der Waals surface area contributed by atoms with Crippen LogP contribution in [0.25, 0.3) is 0 Å². The SMILES string of the molecule is CC(C)C1CN(CCCn2ccnc2)CCN1. The summed E-state index contributed by atoms with van der Waals surface area (Å²) in [4.78, 5) is 6.64. The first-order chi connectivity index (χ1) is 8.25. The average molecular weight is 236 g/mol. The van der Waals surface area contributed by atoms with Crippen LogP contribution in [0.5, 0.6) is 0 Å². The van der Waals surface area contributed by atoms with E-state index in [2.05, 4.69) is 33.6 Å². The van der Waals surface area contributed by atoms with E-state index in [0.29, 0.717) is 6.04 Å². The lowest BCUT2D eigenvalue weighted by atomic mass is 10.0. The van der Waals surface area contributed by atoms with Crippen LogP contribution in [0.3, 0.4) is 0 Å². The molecule has 96 valence electrons. The Morgan fingerprint density at radius 1 is 1.41 bits per heavy atom. The molecule has 1 atom stereocenters. The molecule has 1 aliphatic heterocycles. The van der Waals surface area contributed by atoms with E-state index in [1.54, 1.807) is 0 Å². The van der Waals surface area contributed by atoms with Crippen LogP contribution in [0, 0.1) is 5.92 Å². The van der Waals surface area contributed by atoms with Crippen molar-refractivity contribution < 1.29 is 0 Å². The minimum Gasteiger partial charge on any atom is -0.337 e. The number of piperazine rings is 1. The Hall–Kier alpha value is -0.870. The van der Waals surface area contributed by atoms with Gasteiger partial charge in [0.15, 0.2) is 0 Å². The quantitative estimate of drug-likeness (QED) is 0.834. The highest BCUT2D eigenvalue weighted by atomic mass is 15.2. The molecule has 0 aromatic carbocycles. The predicted octanol–water partition coefficient (Wildman–Crippen LogP) is 1.20. The number of hydrogen-bond acceptors (Lipinski definition) is 3. The lowest BCUT2D eigenvalue weighted by Gasteiger charge is -2.35. The van der Waals surface area contributed by atoms with E-state index in [0.717, 1.165) is 19.0 Å². The summed E-state index contributed by atoms with van der Waals surface area (Å²) in [6.45, 7) is 10.4. The van der Waals surface area contributed by atoms with E-state index in [-0.39, 0.29) is 0 Å². The topological polar surface area (TPSA) is 33.1 Å². The number of nitrogens with one attached hydrogen (secondary N) is 1. The van der Waals surface area contributed by atoms with Gasteiger partial charge in [-0.2, -0.15) is 0 Å². The first kappa shape index (κ1) is 12.6. The molecule has 0 saturated carbocycles. The van der Waals surface area contributed by atoms with Gasteiger partial charge in [0, 0.05) is 44.6 Å². The second kappa shape index (κ2) is 6.17. The Bertz CT molecular complexity index is 307. The van der Waals surface area contributed by atoms with Crippen LogP contribution < -0.4 is 5.32 Å².